The van der Waals surface area contributed by atoms with Crippen molar-refractivity contribution in [2.24, 2.45) is 0 Å². The van der Waals surface area contributed by atoms with E-state index in [0.717, 1.165) is 16.9 Å². The van der Waals surface area contributed by atoms with Crippen LogP contribution in [0.1, 0.15) is 25.0 Å². The Morgan fingerprint density at radius 3 is 2.65 bits per heavy atom. The van der Waals surface area contributed by atoms with Crippen LogP contribution in [0.2, 0.25) is 0 Å². The number of nitrogens with zero attached hydrogens (tertiary/aromatic N) is 3. The number of urea groups is 1. The molecule has 7 nitrogen and oxygen atoms in total. The Hall–Kier alpha value is -2.58. The van der Waals surface area contributed by atoms with E-state index in [1.807, 2.05) is 13.0 Å². The highest BCUT2D eigenvalue weighted by Crippen LogP contribution is 2.32. The van der Waals surface area contributed by atoms with Crippen molar-refractivity contribution in [3.8, 4) is 0 Å². The number of hydrogen-bond donors (Lipinski definition) is 1. The van der Waals surface area contributed by atoms with E-state index in [0.29, 0.717) is 44.0 Å². The molecule has 31 heavy (non-hydrogen) atoms. The van der Waals surface area contributed by atoms with Gasteiger partial charge in [-0.05, 0) is 68.7 Å². The van der Waals surface area contributed by atoms with E-state index >= 15 is 0 Å². The first kappa shape index (κ1) is 21.6. The van der Waals surface area contributed by atoms with Gasteiger partial charge in [-0.15, -0.1) is 0 Å². The quantitative estimate of drug-likeness (QED) is 0.790. The van der Waals surface area contributed by atoms with Crippen molar-refractivity contribution in [1.82, 2.24) is 9.62 Å². The zero-order valence-electron chi connectivity index (χ0n) is 18.3. The zero-order valence-corrected chi connectivity index (χ0v) is 19.2. The highest BCUT2D eigenvalue weighted by atomic mass is 32.2. The normalized spacial score (nSPS) is 19.4. The van der Waals surface area contributed by atoms with Crippen LogP contribution in [0.4, 0.5) is 16.2 Å². The van der Waals surface area contributed by atoms with Gasteiger partial charge < -0.3 is 10.2 Å². The topological polar surface area (TPSA) is 73.0 Å². The summed E-state index contributed by atoms with van der Waals surface area (Å²) in [5.74, 6) is 0. The molecule has 0 bridgehead atoms. The Bertz CT molecular complexity index is 1090. The third-order valence-corrected chi connectivity index (χ3v) is 7.94. The van der Waals surface area contributed by atoms with Crippen LogP contribution in [0.3, 0.4) is 0 Å². The van der Waals surface area contributed by atoms with E-state index in [1.54, 1.807) is 27.4 Å². The molecule has 2 aromatic carbocycles. The predicted molar refractivity (Wildman–Crippen MR) is 123 cm³/mol. The summed E-state index contributed by atoms with van der Waals surface area (Å²) >= 11 is 0. The maximum atomic E-state index is 13.4. The number of sulfonamides is 1. The first-order chi connectivity index (χ1) is 14.8. The molecule has 0 radical (unpaired) electrons. The van der Waals surface area contributed by atoms with Crippen molar-refractivity contribution >= 4 is 27.4 Å². The SMILES string of the molecule is CCNC(=O)N1CCc2cc(S(=O)(=O)N3CCN(c4cccc(C)c4)[C@@H](C)C3)ccc21. The molecule has 1 fully saturated rings. The van der Waals surface area contributed by atoms with Gasteiger partial charge in [0.05, 0.1) is 4.90 Å². The number of amides is 2. The fraction of sp³-hybridized carbons (Fsp3) is 0.435. The Kier molecular flexibility index (Phi) is 5.94. The lowest BCUT2D eigenvalue weighted by molar-refractivity contribution is 0.247. The van der Waals surface area contributed by atoms with Gasteiger partial charge in [0.15, 0.2) is 0 Å². The Morgan fingerprint density at radius 2 is 1.94 bits per heavy atom. The van der Waals surface area contributed by atoms with Gasteiger partial charge in [-0.3, -0.25) is 4.90 Å². The molecule has 0 unspecified atom stereocenters. The number of hydrogen-bond acceptors (Lipinski definition) is 4. The number of carbonyl (C=O) groups excluding carboxylic acids is 1. The standard InChI is InChI=1S/C23H30N4O3S/c1-4-24-23(28)27-11-10-19-15-21(8-9-22(19)27)31(29,30)25-12-13-26(18(3)16-25)20-7-5-6-17(2)14-20/h5-9,14-15,18H,4,10-13,16H2,1-3H3,(H,24,28)/t18-/m0/s1. The summed E-state index contributed by atoms with van der Waals surface area (Å²) in [5.41, 5.74) is 4.02. The number of rotatable bonds is 4. The van der Waals surface area contributed by atoms with Crippen LogP contribution in [0.15, 0.2) is 47.4 Å². The van der Waals surface area contributed by atoms with Crippen molar-refractivity contribution in [2.75, 3.05) is 42.5 Å². The molecule has 0 spiro atoms. The van der Waals surface area contributed by atoms with Crippen LogP contribution in [0, 0.1) is 6.92 Å². The summed E-state index contributed by atoms with van der Waals surface area (Å²) in [5, 5.41) is 2.81. The number of piperazine rings is 1. The van der Waals surface area contributed by atoms with E-state index in [2.05, 4.69) is 42.3 Å². The molecule has 0 aromatic heterocycles. The van der Waals surface area contributed by atoms with Gasteiger partial charge in [-0.2, -0.15) is 4.31 Å². The summed E-state index contributed by atoms with van der Waals surface area (Å²) in [6.07, 6.45) is 0.660. The first-order valence-corrected chi connectivity index (χ1v) is 12.3. The number of benzene rings is 2. The van der Waals surface area contributed by atoms with Crippen molar-refractivity contribution in [2.45, 2.75) is 38.1 Å². The summed E-state index contributed by atoms with van der Waals surface area (Å²) in [7, 11) is -3.59. The van der Waals surface area contributed by atoms with Crippen molar-refractivity contribution < 1.29 is 13.2 Å². The molecule has 2 heterocycles. The second kappa shape index (κ2) is 8.51. The second-order valence-electron chi connectivity index (χ2n) is 8.27. The van der Waals surface area contributed by atoms with Gasteiger partial charge in [-0.1, -0.05) is 12.1 Å². The molecule has 2 aromatic rings. The smallest absolute Gasteiger partial charge is 0.321 e. The molecule has 1 N–H and O–H groups in total. The summed E-state index contributed by atoms with van der Waals surface area (Å²) in [4.78, 5) is 16.5. The van der Waals surface area contributed by atoms with Crippen LogP contribution in [-0.4, -0.2) is 57.5 Å². The molecular weight excluding hydrogens is 412 g/mol. The number of aryl methyl sites for hydroxylation is 1. The van der Waals surface area contributed by atoms with Crippen molar-refractivity contribution in [3.05, 3.63) is 53.6 Å². The number of carbonyl (C=O) groups is 1. The fourth-order valence-corrected chi connectivity index (χ4v) is 6.04. The monoisotopic (exact) mass is 442 g/mol. The lowest BCUT2D eigenvalue weighted by Gasteiger charge is -2.40. The average Bonchev–Trinajstić information content (AvgIpc) is 3.17. The summed E-state index contributed by atoms with van der Waals surface area (Å²) < 4.78 is 28.3. The summed E-state index contributed by atoms with van der Waals surface area (Å²) in [6, 6.07) is 13.4. The van der Waals surface area contributed by atoms with E-state index in [1.165, 1.54) is 5.56 Å². The molecule has 4 rings (SSSR count). The number of nitrogens with one attached hydrogen (secondary N) is 1. The third-order valence-electron chi connectivity index (χ3n) is 6.08. The fourth-order valence-electron chi connectivity index (χ4n) is 4.48. The minimum Gasteiger partial charge on any atom is -0.366 e. The van der Waals surface area contributed by atoms with Gasteiger partial charge in [0.2, 0.25) is 10.0 Å². The Morgan fingerprint density at radius 1 is 1.13 bits per heavy atom. The van der Waals surface area contributed by atoms with E-state index in [9.17, 15) is 13.2 Å². The van der Waals surface area contributed by atoms with E-state index in [4.69, 9.17) is 0 Å². The van der Waals surface area contributed by atoms with Crippen LogP contribution in [0.25, 0.3) is 0 Å². The van der Waals surface area contributed by atoms with Gasteiger partial charge in [-0.25, -0.2) is 13.2 Å². The average molecular weight is 443 g/mol. The molecule has 0 aliphatic carbocycles. The van der Waals surface area contributed by atoms with Gasteiger partial charge in [0.1, 0.15) is 0 Å². The maximum absolute atomic E-state index is 13.4. The number of anilines is 2. The minimum absolute atomic E-state index is 0.0768. The molecule has 2 aliphatic rings. The van der Waals surface area contributed by atoms with Gasteiger partial charge in [0, 0.05) is 50.1 Å². The minimum atomic E-state index is -3.59. The van der Waals surface area contributed by atoms with Crippen LogP contribution in [-0.2, 0) is 16.4 Å². The van der Waals surface area contributed by atoms with E-state index < -0.39 is 10.0 Å². The second-order valence-corrected chi connectivity index (χ2v) is 10.2. The molecule has 0 saturated carbocycles. The first-order valence-electron chi connectivity index (χ1n) is 10.8. The Balaban J connectivity index is 1.51. The molecule has 8 heteroatoms. The lowest BCUT2D eigenvalue weighted by Crippen LogP contribution is -2.53. The highest BCUT2D eigenvalue weighted by Gasteiger charge is 2.34. The molecule has 1 saturated heterocycles. The lowest BCUT2D eigenvalue weighted by atomic mass is 10.1. The zero-order chi connectivity index (χ0) is 22.2. The van der Waals surface area contributed by atoms with Crippen LogP contribution < -0.4 is 15.1 Å². The molecule has 2 amide bonds. The van der Waals surface area contributed by atoms with Gasteiger partial charge in [0.25, 0.3) is 0 Å². The van der Waals surface area contributed by atoms with Crippen molar-refractivity contribution in [3.63, 3.8) is 0 Å². The highest BCUT2D eigenvalue weighted by molar-refractivity contribution is 7.89. The molecular formula is C23H30N4O3S. The largest absolute Gasteiger partial charge is 0.366 e. The predicted octanol–water partition coefficient (Wildman–Crippen LogP) is 2.99. The molecule has 166 valence electrons. The third kappa shape index (κ3) is 4.14. The van der Waals surface area contributed by atoms with Crippen LogP contribution in [0.5, 0.6) is 0 Å². The number of fused-ring (bicyclic) bond motifs is 1. The summed E-state index contributed by atoms with van der Waals surface area (Å²) in [6.45, 7) is 8.68. The van der Waals surface area contributed by atoms with E-state index in [-0.39, 0.29) is 12.1 Å². The van der Waals surface area contributed by atoms with Crippen LogP contribution >= 0.6 is 0 Å². The van der Waals surface area contributed by atoms with Crippen molar-refractivity contribution in [1.29, 1.82) is 0 Å². The molecule has 2 aliphatic heterocycles. The Labute approximate surface area is 184 Å². The maximum Gasteiger partial charge on any atom is 0.321 e. The molecule has 1 atom stereocenters. The van der Waals surface area contributed by atoms with Gasteiger partial charge >= 0.3 is 6.03 Å².